The van der Waals surface area contributed by atoms with E-state index < -0.39 is 0 Å². The maximum Gasteiger partial charge on any atom is 0.340 e. The first-order chi connectivity index (χ1) is 10.7. The standard InChI is InChI=1S/C19H17NO2/c1-13-16(19(21)22-2)17(14-9-5-3-6-10-14)18(20-13)15-11-7-4-8-12-15/h3-12,20H,1-2H3. The van der Waals surface area contributed by atoms with Crippen molar-refractivity contribution in [3.05, 3.63) is 71.9 Å². The van der Waals surface area contributed by atoms with Gasteiger partial charge in [0, 0.05) is 11.3 Å². The second kappa shape index (κ2) is 5.90. The van der Waals surface area contributed by atoms with Gasteiger partial charge in [-0.2, -0.15) is 0 Å². The number of ether oxygens (including phenoxy) is 1. The molecule has 0 saturated heterocycles. The maximum atomic E-state index is 12.2. The van der Waals surface area contributed by atoms with Crippen LogP contribution in [0.3, 0.4) is 0 Å². The van der Waals surface area contributed by atoms with Crippen molar-refractivity contribution in [1.82, 2.24) is 4.98 Å². The fourth-order valence-corrected chi connectivity index (χ4v) is 2.70. The fraction of sp³-hybridized carbons (Fsp3) is 0.105. The first-order valence-electron chi connectivity index (χ1n) is 7.14. The van der Waals surface area contributed by atoms with E-state index in [0.717, 1.165) is 28.1 Å². The summed E-state index contributed by atoms with van der Waals surface area (Å²) in [5, 5.41) is 0. The predicted octanol–water partition coefficient (Wildman–Crippen LogP) is 4.44. The van der Waals surface area contributed by atoms with Gasteiger partial charge in [-0.15, -0.1) is 0 Å². The molecule has 0 aliphatic carbocycles. The number of aryl methyl sites for hydroxylation is 1. The summed E-state index contributed by atoms with van der Waals surface area (Å²) in [4.78, 5) is 15.6. The van der Waals surface area contributed by atoms with Crippen molar-refractivity contribution in [3.8, 4) is 22.4 Å². The predicted molar refractivity (Wildman–Crippen MR) is 87.7 cm³/mol. The number of methoxy groups -OCH3 is 1. The van der Waals surface area contributed by atoms with E-state index in [-0.39, 0.29) is 5.97 Å². The lowest BCUT2D eigenvalue weighted by atomic mass is 9.97. The monoisotopic (exact) mass is 291 g/mol. The molecule has 0 aliphatic rings. The van der Waals surface area contributed by atoms with E-state index in [1.54, 1.807) is 0 Å². The zero-order chi connectivity index (χ0) is 15.5. The largest absolute Gasteiger partial charge is 0.465 e. The molecule has 0 amide bonds. The number of hydrogen-bond acceptors (Lipinski definition) is 2. The molecule has 2 aromatic carbocycles. The summed E-state index contributed by atoms with van der Waals surface area (Å²) in [6, 6.07) is 19.9. The minimum absolute atomic E-state index is 0.324. The van der Waals surface area contributed by atoms with Gasteiger partial charge in [0.05, 0.1) is 18.4 Å². The van der Waals surface area contributed by atoms with E-state index in [1.807, 2.05) is 67.6 Å². The molecule has 0 aliphatic heterocycles. The van der Waals surface area contributed by atoms with Crippen LogP contribution in [0.4, 0.5) is 0 Å². The fourth-order valence-electron chi connectivity index (χ4n) is 2.70. The van der Waals surface area contributed by atoms with Gasteiger partial charge in [-0.25, -0.2) is 4.79 Å². The second-order valence-corrected chi connectivity index (χ2v) is 5.10. The van der Waals surface area contributed by atoms with Crippen molar-refractivity contribution in [2.45, 2.75) is 6.92 Å². The molecule has 0 radical (unpaired) electrons. The molecule has 3 aromatic rings. The van der Waals surface area contributed by atoms with Crippen LogP contribution in [0.1, 0.15) is 16.1 Å². The summed E-state index contributed by atoms with van der Waals surface area (Å²) in [6.07, 6.45) is 0. The summed E-state index contributed by atoms with van der Waals surface area (Å²) in [6.45, 7) is 1.89. The van der Waals surface area contributed by atoms with Crippen molar-refractivity contribution in [3.63, 3.8) is 0 Å². The van der Waals surface area contributed by atoms with Crippen molar-refractivity contribution in [2.24, 2.45) is 0 Å². The maximum absolute atomic E-state index is 12.2. The van der Waals surface area contributed by atoms with E-state index >= 15 is 0 Å². The molecular weight excluding hydrogens is 274 g/mol. The van der Waals surface area contributed by atoms with Crippen LogP contribution >= 0.6 is 0 Å². The number of hydrogen-bond donors (Lipinski definition) is 1. The molecule has 0 saturated carbocycles. The van der Waals surface area contributed by atoms with Gasteiger partial charge in [-0.3, -0.25) is 0 Å². The van der Waals surface area contributed by atoms with Gasteiger partial charge in [-0.05, 0) is 18.1 Å². The average Bonchev–Trinajstić information content (AvgIpc) is 2.93. The first-order valence-corrected chi connectivity index (χ1v) is 7.14. The highest BCUT2D eigenvalue weighted by atomic mass is 16.5. The summed E-state index contributed by atoms with van der Waals surface area (Å²) in [5.74, 6) is -0.324. The van der Waals surface area contributed by atoms with Crippen molar-refractivity contribution in [2.75, 3.05) is 7.11 Å². The van der Waals surface area contributed by atoms with Crippen molar-refractivity contribution >= 4 is 5.97 Å². The van der Waals surface area contributed by atoms with Gasteiger partial charge >= 0.3 is 5.97 Å². The number of carbonyl (C=O) groups is 1. The van der Waals surface area contributed by atoms with Crippen LogP contribution in [-0.4, -0.2) is 18.1 Å². The number of benzene rings is 2. The first kappa shape index (κ1) is 14.1. The smallest absolute Gasteiger partial charge is 0.340 e. The lowest BCUT2D eigenvalue weighted by Gasteiger charge is -2.07. The molecule has 0 atom stereocenters. The van der Waals surface area contributed by atoms with E-state index in [2.05, 4.69) is 4.98 Å². The molecule has 0 fully saturated rings. The lowest BCUT2D eigenvalue weighted by molar-refractivity contribution is 0.0601. The van der Waals surface area contributed by atoms with Crippen LogP contribution in [0.5, 0.6) is 0 Å². The number of carbonyl (C=O) groups excluding carboxylic acids is 1. The Labute approximate surface area is 129 Å². The Bertz CT molecular complexity index is 789. The number of aromatic amines is 1. The molecule has 22 heavy (non-hydrogen) atoms. The molecule has 3 rings (SSSR count). The highest BCUT2D eigenvalue weighted by Gasteiger charge is 2.23. The van der Waals surface area contributed by atoms with Gasteiger partial charge in [-0.1, -0.05) is 60.7 Å². The van der Waals surface area contributed by atoms with Gasteiger partial charge in [0.1, 0.15) is 0 Å². The lowest BCUT2D eigenvalue weighted by Crippen LogP contribution is -2.03. The molecule has 0 bridgehead atoms. The zero-order valence-corrected chi connectivity index (χ0v) is 12.6. The topological polar surface area (TPSA) is 42.1 Å². The van der Waals surface area contributed by atoms with Gasteiger partial charge < -0.3 is 9.72 Å². The third kappa shape index (κ3) is 2.42. The Morgan fingerprint density at radius 3 is 2.00 bits per heavy atom. The molecule has 1 aromatic heterocycles. The molecule has 0 spiro atoms. The van der Waals surface area contributed by atoms with Crippen molar-refractivity contribution < 1.29 is 9.53 Å². The molecule has 1 N–H and O–H groups in total. The number of nitrogens with one attached hydrogen (secondary N) is 1. The molecule has 3 heteroatoms. The summed E-state index contributed by atoms with van der Waals surface area (Å²) in [5.41, 5.74) is 5.25. The third-order valence-corrected chi connectivity index (χ3v) is 3.70. The summed E-state index contributed by atoms with van der Waals surface area (Å²) in [7, 11) is 1.41. The zero-order valence-electron chi connectivity index (χ0n) is 12.6. The summed E-state index contributed by atoms with van der Waals surface area (Å²) < 4.78 is 4.97. The Balaban J connectivity index is 2.30. The Morgan fingerprint density at radius 2 is 1.45 bits per heavy atom. The highest BCUT2D eigenvalue weighted by molar-refractivity contribution is 6.03. The highest BCUT2D eigenvalue weighted by Crippen LogP contribution is 2.36. The number of aromatic nitrogens is 1. The van der Waals surface area contributed by atoms with E-state index in [4.69, 9.17) is 4.74 Å². The minimum Gasteiger partial charge on any atom is -0.465 e. The van der Waals surface area contributed by atoms with E-state index in [1.165, 1.54) is 7.11 Å². The van der Waals surface area contributed by atoms with Gasteiger partial charge in [0.2, 0.25) is 0 Å². The van der Waals surface area contributed by atoms with Crippen molar-refractivity contribution in [1.29, 1.82) is 0 Å². The second-order valence-electron chi connectivity index (χ2n) is 5.10. The molecule has 110 valence electrons. The van der Waals surface area contributed by atoms with E-state index in [9.17, 15) is 4.79 Å². The van der Waals surface area contributed by atoms with Crippen LogP contribution in [-0.2, 0) is 4.74 Å². The Kier molecular flexibility index (Phi) is 3.79. The number of rotatable bonds is 3. The molecule has 0 unspecified atom stereocenters. The quantitative estimate of drug-likeness (QED) is 0.725. The van der Waals surface area contributed by atoms with E-state index in [0.29, 0.717) is 5.56 Å². The molecule has 3 nitrogen and oxygen atoms in total. The number of H-pyrrole nitrogens is 1. The Morgan fingerprint density at radius 1 is 0.909 bits per heavy atom. The van der Waals surface area contributed by atoms with Gasteiger partial charge in [0.15, 0.2) is 0 Å². The average molecular weight is 291 g/mol. The third-order valence-electron chi connectivity index (χ3n) is 3.70. The van der Waals surface area contributed by atoms with Crippen LogP contribution in [0.2, 0.25) is 0 Å². The normalized spacial score (nSPS) is 10.5. The number of esters is 1. The minimum atomic E-state index is -0.324. The molecular formula is C19H17NO2. The summed E-state index contributed by atoms with van der Waals surface area (Å²) >= 11 is 0. The van der Waals surface area contributed by atoms with Crippen LogP contribution < -0.4 is 0 Å². The molecule has 1 heterocycles. The van der Waals surface area contributed by atoms with Crippen LogP contribution in [0.25, 0.3) is 22.4 Å². The SMILES string of the molecule is COC(=O)c1c(C)[nH]c(-c2ccccc2)c1-c1ccccc1. The Hall–Kier alpha value is -2.81. The van der Waals surface area contributed by atoms with Crippen LogP contribution in [0, 0.1) is 6.92 Å². The van der Waals surface area contributed by atoms with Crippen LogP contribution in [0.15, 0.2) is 60.7 Å². The van der Waals surface area contributed by atoms with Gasteiger partial charge in [0.25, 0.3) is 0 Å².